The number of nitrogens with zero attached hydrogens (tertiary/aromatic N) is 1. The summed E-state index contributed by atoms with van der Waals surface area (Å²) in [5, 5.41) is 0. The first-order valence-electron chi connectivity index (χ1n) is 5.60. The molecule has 0 atom stereocenters. The van der Waals surface area contributed by atoms with Crippen LogP contribution >= 0.6 is 15.9 Å². The third kappa shape index (κ3) is 2.22. The van der Waals surface area contributed by atoms with Crippen LogP contribution in [-0.2, 0) is 0 Å². The molecule has 0 N–H and O–H groups in total. The molecule has 0 aliphatic carbocycles. The molecule has 1 aliphatic heterocycles. The van der Waals surface area contributed by atoms with E-state index in [-0.39, 0.29) is 0 Å². The quantitative estimate of drug-likeness (QED) is 0.755. The second-order valence-electron chi connectivity index (χ2n) is 3.90. The molecule has 0 bridgehead atoms. The third-order valence-electron chi connectivity index (χ3n) is 2.63. The fraction of sp³-hybridized carbons (Fsp3) is 0. The van der Waals surface area contributed by atoms with Gasteiger partial charge in [-0.15, -0.1) is 0 Å². The van der Waals surface area contributed by atoms with E-state index in [1.807, 2.05) is 54.6 Å². The molecule has 2 nitrogen and oxygen atoms in total. The van der Waals surface area contributed by atoms with E-state index in [4.69, 9.17) is 4.74 Å². The highest BCUT2D eigenvalue weighted by atomic mass is 79.9. The van der Waals surface area contributed by atoms with Crippen molar-refractivity contribution in [1.82, 2.24) is 0 Å². The predicted octanol–water partition coefficient (Wildman–Crippen LogP) is 4.58. The molecule has 0 amide bonds. The first-order chi connectivity index (χ1) is 8.83. The monoisotopic (exact) mass is 299 g/mol. The standard InChI is InChI=1S/C15H10BrNO/c16-13-6-2-1-5-11(13)9-12-10-17-14-7-3-4-8-15(14)18-12/h1-10H/b12-9-. The minimum Gasteiger partial charge on any atom is -0.453 e. The maximum Gasteiger partial charge on any atom is 0.153 e. The summed E-state index contributed by atoms with van der Waals surface area (Å²) in [6, 6.07) is 15.7. The first-order valence-corrected chi connectivity index (χ1v) is 6.39. The van der Waals surface area contributed by atoms with Crippen molar-refractivity contribution >= 4 is 33.9 Å². The van der Waals surface area contributed by atoms with Crippen molar-refractivity contribution in [3.05, 3.63) is 64.3 Å². The lowest BCUT2D eigenvalue weighted by Crippen LogP contribution is -2.01. The van der Waals surface area contributed by atoms with Crippen LogP contribution in [0.3, 0.4) is 0 Å². The van der Waals surface area contributed by atoms with Crippen molar-refractivity contribution in [2.24, 2.45) is 4.99 Å². The van der Waals surface area contributed by atoms with Gasteiger partial charge in [0.1, 0.15) is 11.4 Å². The smallest absolute Gasteiger partial charge is 0.153 e. The molecule has 0 radical (unpaired) electrons. The van der Waals surface area contributed by atoms with Crippen LogP contribution in [0, 0.1) is 0 Å². The molecule has 88 valence electrons. The van der Waals surface area contributed by atoms with Gasteiger partial charge in [-0.25, -0.2) is 4.99 Å². The Hall–Kier alpha value is -1.87. The van der Waals surface area contributed by atoms with E-state index in [0.29, 0.717) is 0 Å². The molecular formula is C15H10BrNO. The fourth-order valence-corrected chi connectivity index (χ4v) is 2.15. The zero-order valence-corrected chi connectivity index (χ0v) is 11.1. The number of fused-ring (bicyclic) bond motifs is 1. The largest absolute Gasteiger partial charge is 0.453 e. The van der Waals surface area contributed by atoms with Crippen LogP contribution in [0.2, 0.25) is 0 Å². The van der Waals surface area contributed by atoms with Gasteiger partial charge in [-0.2, -0.15) is 0 Å². The molecule has 3 heteroatoms. The van der Waals surface area contributed by atoms with Gasteiger partial charge in [0.05, 0.1) is 6.21 Å². The highest BCUT2D eigenvalue weighted by molar-refractivity contribution is 9.10. The molecule has 1 heterocycles. The summed E-state index contributed by atoms with van der Waals surface area (Å²) in [6.45, 7) is 0. The zero-order valence-electron chi connectivity index (χ0n) is 9.51. The van der Waals surface area contributed by atoms with Crippen LogP contribution < -0.4 is 4.74 Å². The fourth-order valence-electron chi connectivity index (χ4n) is 1.75. The molecule has 2 aromatic rings. The number of rotatable bonds is 1. The van der Waals surface area contributed by atoms with Crippen molar-refractivity contribution in [2.45, 2.75) is 0 Å². The van der Waals surface area contributed by atoms with Crippen molar-refractivity contribution in [3.63, 3.8) is 0 Å². The number of allylic oxidation sites excluding steroid dienone is 1. The Morgan fingerprint density at radius 3 is 2.67 bits per heavy atom. The summed E-state index contributed by atoms with van der Waals surface area (Å²) in [6.07, 6.45) is 3.70. The van der Waals surface area contributed by atoms with Gasteiger partial charge < -0.3 is 4.74 Å². The summed E-state index contributed by atoms with van der Waals surface area (Å²) in [7, 11) is 0. The number of benzene rings is 2. The number of hydrogen-bond donors (Lipinski definition) is 0. The number of para-hydroxylation sites is 2. The molecule has 0 fully saturated rings. The van der Waals surface area contributed by atoms with Crippen LogP contribution in [0.25, 0.3) is 6.08 Å². The zero-order chi connectivity index (χ0) is 12.4. The third-order valence-corrected chi connectivity index (χ3v) is 3.35. The van der Waals surface area contributed by atoms with Crippen LogP contribution in [-0.4, -0.2) is 6.21 Å². The van der Waals surface area contributed by atoms with Gasteiger partial charge in [0.15, 0.2) is 5.75 Å². The first kappa shape index (κ1) is 11.2. The lowest BCUT2D eigenvalue weighted by molar-refractivity contribution is 0.458. The Bertz CT molecular complexity index is 646. The minimum atomic E-state index is 0.737. The molecule has 0 aromatic heterocycles. The highest BCUT2D eigenvalue weighted by Gasteiger charge is 2.09. The van der Waals surface area contributed by atoms with Crippen molar-refractivity contribution in [3.8, 4) is 5.75 Å². The Kier molecular flexibility index (Phi) is 2.99. The van der Waals surface area contributed by atoms with Crippen LogP contribution in [0.1, 0.15) is 5.56 Å². The van der Waals surface area contributed by atoms with Gasteiger partial charge in [0, 0.05) is 4.47 Å². The maximum absolute atomic E-state index is 5.78. The Labute approximate surface area is 114 Å². The maximum atomic E-state index is 5.78. The molecule has 1 aliphatic rings. The highest BCUT2D eigenvalue weighted by Crippen LogP contribution is 2.32. The molecule has 0 spiro atoms. The lowest BCUT2D eigenvalue weighted by atomic mass is 10.2. The van der Waals surface area contributed by atoms with Gasteiger partial charge >= 0.3 is 0 Å². The SMILES string of the molecule is Brc1ccccc1/C=C1/C=Nc2ccccc2O1. The van der Waals surface area contributed by atoms with Crippen LogP contribution in [0.15, 0.2) is 63.8 Å². The van der Waals surface area contributed by atoms with E-state index in [9.17, 15) is 0 Å². The molecule has 3 rings (SSSR count). The van der Waals surface area contributed by atoms with E-state index >= 15 is 0 Å². The van der Waals surface area contributed by atoms with Gasteiger partial charge in [-0.3, -0.25) is 0 Å². The van der Waals surface area contributed by atoms with Gasteiger partial charge in [-0.1, -0.05) is 46.3 Å². The average molecular weight is 300 g/mol. The summed E-state index contributed by atoms with van der Waals surface area (Å²) in [5.41, 5.74) is 1.93. The van der Waals surface area contributed by atoms with E-state index in [1.165, 1.54) is 0 Å². The second-order valence-corrected chi connectivity index (χ2v) is 4.75. The van der Waals surface area contributed by atoms with E-state index in [1.54, 1.807) is 6.21 Å². The topological polar surface area (TPSA) is 21.6 Å². The molecule has 0 unspecified atom stereocenters. The van der Waals surface area contributed by atoms with E-state index in [2.05, 4.69) is 20.9 Å². The van der Waals surface area contributed by atoms with E-state index in [0.717, 1.165) is 27.2 Å². The average Bonchev–Trinajstić information content (AvgIpc) is 2.41. The van der Waals surface area contributed by atoms with Gasteiger partial charge in [0.2, 0.25) is 0 Å². The summed E-state index contributed by atoms with van der Waals surface area (Å²) >= 11 is 3.51. The lowest BCUT2D eigenvalue weighted by Gasteiger charge is -2.13. The second kappa shape index (κ2) is 4.78. The molecule has 0 saturated carbocycles. The number of ether oxygens (including phenoxy) is 1. The Morgan fingerprint density at radius 1 is 1.00 bits per heavy atom. The number of aliphatic imine (C=N–C) groups is 1. The summed E-state index contributed by atoms with van der Waals surface area (Å²) < 4.78 is 6.82. The van der Waals surface area contributed by atoms with Crippen LogP contribution in [0.5, 0.6) is 5.75 Å². The predicted molar refractivity (Wildman–Crippen MR) is 77.3 cm³/mol. The van der Waals surface area contributed by atoms with E-state index < -0.39 is 0 Å². The minimum absolute atomic E-state index is 0.737. The normalized spacial score (nSPS) is 15.3. The molecule has 0 saturated heterocycles. The Morgan fingerprint density at radius 2 is 1.78 bits per heavy atom. The van der Waals surface area contributed by atoms with Crippen LogP contribution in [0.4, 0.5) is 5.69 Å². The number of halogens is 1. The molecule has 18 heavy (non-hydrogen) atoms. The van der Waals surface area contributed by atoms with Crippen molar-refractivity contribution in [1.29, 1.82) is 0 Å². The van der Waals surface area contributed by atoms with Crippen molar-refractivity contribution < 1.29 is 4.74 Å². The van der Waals surface area contributed by atoms with Gasteiger partial charge in [0.25, 0.3) is 0 Å². The Balaban J connectivity index is 1.96. The molecule has 2 aromatic carbocycles. The molecular weight excluding hydrogens is 290 g/mol. The van der Waals surface area contributed by atoms with Gasteiger partial charge in [-0.05, 0) is 29.8 Å². The number of hydrogen-bond acceptors (Lipinski definition) is 2. The summed E-state index contributed by atoms with van der Waals surface area (Å²) in [4.78, 5) is 4.37. The summed E-state index contributed by atoms with van der Waals surface area (Å²) in [5.74, 6) is 1.53. The van der Waals surface area contributed by atoms with Crippen molar-refractivity contribution in [2.75, 3.05) is 0 Å².